The van der Waals surface area contributed by atoms with Gasteiger partial charge in [0.1, 0.15) is 5.54 Å². The number of nitrogens with one attached hydrogen (secondary N) is 1. The van der Waals surface area contributed by atoms with Crippen LogP contribution in [0.5, 0.6) is 0 Å². The molecule has 1 aromatic rings. The third-order valence-corrected chi connectivity index (χ3v) is 3.24. The molecule has 0 bridgehead atoms. The first-order valence-electron chi connectivity index (χ1n) is 6.47. The van der Waals surface area contributed by atoms with E-state index in [0.717, 1.165) is 0 Å². The Labute approximate surface area is 120 Å². The molecule has 2 N–H and O–H groups in total. The number of rotatable bonds is 3. The molecular weight excluding hydrogens is 283 g/mol. The van der Waals surface area contributed by atoms with E-state index in [4.69, 9.17) is 5.11 Å². The van der Waals surface area contributed by atoms with Crippen LogP contribution in [-0.2, 0) is 0 Å². The van der Waals surface area contributed by atoms with Gasteiger partial charge in [-0.1, -0.05) is 17.9 Å². The van der Waals surface area contributed by atoms with E-state index in [-0.39, 0.29) is 25.0 Å². The molecule has 1 fully saturated rings. The largest absolute Gasteiger partial charge is 0.411 e. The van der Waals surface area contributed by atoms with Crippen LogP contribution >= 0.6 is 0 Å². The third-order valence-electron chi connectivity index (χ3n) is 3.24. The number of benzene rings is 1. The van der Waals surface area contributed by atoms with Crippen molar-refractivity contribution >= 4 is 5.91 Å². The Bertz CT molecular complexity index is 595. The zero-order valence-corrected chi connectivity index (χ0v) is 11.1. The zero-order valence-electron chi connectivity index (χ0n) is 11.1. The van der Waals surface area contributed by atoms with Gasteiger partial charge in [-0.3, -0.25) is 4.79 Å². The number of amides is 1. The molecular formula is C15H14F3NO2. The van der Waals surface area contributed by atoms with Gasteiger partial charge in [-0.25, -0.2) is 0 Å². The molecule has 21 heavy (non-hydrogen) atoms. The van der Waals surface area contributed by atoms with Crippen molar-refractivity contribution in [1.82, 2.24) is 5.32 Å². The van der Waals surface area contributed by atoms with Gasteiger partial charge in [0.05, 0.1) is 6.61 Å². The van der Waals surface area contributed by atoms with Crippen LogP contribution in [-0.4, -0.2) is 29.3 Å². The molecule has 3 nitrogen and oxygen atoms in total. The summed E-state index contributed by atoms with van der Waals surface area (Å²) in [5.41, 5.74) is -1.41. The normalized spacial score (nSPS) is 15.8. The quantitative estimate of drug-likeness (QED) is 0.841. The Morgan fingerprint density at radius 2 is 2.10 bits per heavy atom. The first-order valence-corrected chi connectivity index (χ1v) is 6.47. The van der Waals surface area contributed by atoms with Gasteiger partial charge in [-0.15, -0.1) is 0 Å². The van der Waals surface area contributed by atoms with Gasteiger partial charge < -0.3 is 10.4 Å². The van der Waals surface area contributed by atoms with Gasteiger partial charge in [0.15, 0.2) is 0 Å². The third kappa shape index (κ3) is 3.56. The molecule has 0 aromatic heterocycles. The molecule has 0 atom stereocenters. The maximum atomic E-state index is 12.8. The van der Waals surface area contributed by atoms with Crippen LogP contribution in [0.3, 0.4) is 0 Å². The molecule has 1 amide bonds. The molecule has 0 saturated heterocycles. The molecule has 1 aliphatic carbocycles. The SMILES string of the molecule is O=C(NC1(C(F)(F)F)CC1)c1cccc(C#CCCO)c1. The van der Waals surface area contributed by atoms with Crippen LogP contribution in [0.1, 0.15) is 35.2 Å². The van der Waals surface area contributed by atoms with Crippen molar-refractivity contribution in [2.75, 3.05) is 6.61 Å². The van der Waals surface area contributed by atoms with E-state index in [9.17, 15) is 18.0 Å². The summed E-state index contributed by atoms with van der Waals surface area (Å²) >= 11 is 0. The van der Waals surface area contributed by atoms with Crippen molar-refractivity contribution in [3.63, 3.8) is 0 Å². The number of carbonyl (C=O) groups is 1. The first kappa shape index (κ1) is 15.4. The highest BCUT2D eigenvalue weighted by Crippen LogP contribution is 2.49. The van der Waals surface area contributed by atoms with E-state index in [1.807, 2.05) is 0 Å². The number of aliphatic hydroxyl groups excluding tert-OH is 1. The Morgan fingerprint density at radius 3 is 2.67 bits per heavy atom. The molecule has 0 unspecified atom stereocenters. The predicted molar refractivity (Wildman–Crippen MR) is 70.5 cm³/mol. The minimum atomic E-state index is -4.43. The second kappa shape index (κ2) is 5.78. The number of carbonyl (C=O) groups excluding carboxylic acids is 1. The highest BCUT2D eigenvalue weighted by atomic mass is 19.4. The topological polar surface area (TPSA) is 49.3 Å². The second-order valence-corrected chi connectivity index (χ2v) is 4.89. The minimum absolute atomic E-state index is 0.0682. The molecule has 1 aromatic carbocycles. The van der Waals surface area contributed by atoms with Gasteiger partial charge in [0.25, 0.3) is 5.91 Å². The van der Waals surface area contributed by atoms with Gasteiger partial charge in [-0.2, -0.15) is 13.2 Å². The van der Waals surface area contributed by atoms with E-state index in [1.165, 1.54) is 12.1 Å². The summed E-state index contributed by atoms with van der Waals surface area (Å²) in [7, 11) is 0. The summed E-state index contributed by atoms with van der Waals surface area (Å²) in [5.74, 6) is 4.67. The Balaban J connectivity index is 2.11. The lowest BCUT2D eigenvalue weighted by atomic mass is 10.1. The van der Waals surface area contributed by atoms with Gasteiger partial charge in [-0.05, 0) is 31.0 Å². The van der Waals surface area contributed by atoms with E-state index in [2.05, 4.69) is 17.2 Å². The second-order valence-electron chi connectivity index (χ2n) is 4.89. The van der Waals surface area contributed by atoms with Crippen molar-refractivity contribution in [3.05, 3.63) is 35.4 Å². The van der Waals surface area contributed by atoms with E-state index >= 15 is 0 Å². The molecule has 0 radical (unpaired) electrons. The van der Waals surface area contributed by atoms with Crippen molar-refractivity contribution in [1.29, 1.82) is 0 Å². The van der Waals surface area contributed by atoms with Crippen LogP contribution < -0.4 is 5.32 Å². The standard InChI is InChI=1S/C15H14F3NO2/c16-15(17,18)14(7-8-14)19-13(21)12-6-3-5-11(10-12)4-1-2-9-20/h3,5-6,10,20H,2,7-9H2,(H,19,21). The smallest absolute Gasteiger partial charge is 0.395 e. The van der Waals surface area contributed by atoms with Crippen LogP contribution in [0.2, 0.25) is 0 Å². The van der Waals surface area contributed by atoms with Crippen LogP contribution in [0.25, 0.3) is 0 Å². The maximum Gasteiger partial charge on any atom is 0.411 e. The summed E-state index contributed by atoms with van der Waals surface area (Å²) in [5, 5.41) is 10.7. The highest BCUT2D eigenvalue weighted by molar-refractivity contribution is 5.95. The Kier molecular flexibility index (Phi) is 4.24. The van der Waals surface area contributed by atoms with Crippen molar-refractivity contribution in [3.8, 4) is 11.8 Å². The van der Waals surface area contributed by atoms with Gasteiger partial charge in [0, 0.05) is 17.5 Å². The minimum Gasteiger partial charge on any atom is -0.395 e. The molecule has 0 heterocycles. The van der Waals surface area contributed by atoms with Crippen LogP contribution in [0.4, 0.5) is 13.2 Å². The van der Waals surface area contributed by atoms with Crippen LogP contribution in [0.15, 0.2) is 24.3 Å². The van der Waals surface area contributed by atoms with Crippen molar-refractivity contribution < 1.29 is 23.1 Å². The lowest BCUT2D eigenvalue weighted by molar-refractivity contribution is -0.163. The molecule has 0 spiro atoms. The van der Waals surface area contributed by atoms with Crippen LogP contribution in [0, 0.1) is 11.8 Å². The predicted octanol–water partition coefficient (Wildman–Crippen LogP) is 2.25. The fourth-order valence-electron chi connectivity index (χ4n) is 1.85. The number of hydrogen-bond acceptors (Lipinski definition) is 2. The fraction of sp³-hybridized carbons (Fsp3) is 0.400. The summed E-state index contributed by atoms with van der Waals surface area (Å²) in [6.07, 6.45) is -4.30. The molecule has 0 aliphatic heterocycles. The molecule has 112 valence electrons. The van der Waals surface area contributed by atoms with E-state index in [0.29, 0.717) is 12.0 Å². The summed E-state index contributed by atoms with van der Waals surface area (Å²) in [4.78, 5) is 11.9. The van der Waals surface area contributed by atoms with Gasteiger partial charge >= 0.3 is 6.18 Å². The molecule has 1 saturated carbocycles. The molecule has 2 rings (SSSR count). The lowest BCUT2D eigenvalue weighted by Gasteiger charge is -2.20. The average Bonchev–Trinajstić information content (AvgIpc) is 3.20. The summed E-state index contributed by atoms with van der Waals surface area (Å²) < 4.78 is 38.4. The monoisotopic (exact) mass is 297 g/mol. The van der Waals surface area contributed by atoms with Crippen molar-refractivity contribution in [2.45, 2.75) is 31.0 Å². The zero-order chi connectivity index (χ0) is 15.5. The molecule has 6 heteroatoms. The first-order chi connectivity index (χ1) is 9.88. The maximum absolute atomic E-state index is 12.8. The lowest BCUT2D eigenvalue weighted by Crippen LogP contribution is -2.47. The number of alkyl halides is 3. The highest BCUT2D eigenvalue weighted by Gasteiger charge is 2.64. The molecule has 1 aliphatic rings. The van der Waals surface area contributed by atoms with E-state index < -0.39 is 17.6 Å². The number of hydrogen-bond donors (Lipinski definition) is 2. The summed E-state index contributed by atoms with van der Waals surface area (Å²) in [6.45, 7) is -0.0682. The number of halogens is 3. The average molecular weight is 297 g/mol. The van der Waals surface area contributed by atoms with E-state index in [1.54, 1.807) is 12.1 Å². The Morgan fingerprint density at radius 1 is 1.38 bits per heavy atom. The number of aliphatic hydroxyl groups is 1. The Hall–Kier alpha value is -2.00. The fourth-order valence-corrected chi connectivity index (χ4v) is 1.85. The van der Waals surface area contributed by atoms with Gasteiger partial charge in [0.2, 0.25) is 0 Å². The summed E-state index contributed by atoms with van der Waals surface area (Å²) in [6, 6.07) is 6.09. The van der Waals surface area contributed by atoms with Crippen molar-refractivity contribution in [2.24, 2.45) is 0 Å².